The van der Waals surface area contributed by atoms with E-state index in [-0.39, 0.29) is 26.6 Å². The summed E-state index contributed by atoms with van der Waals surface area (Å²) in [5.41, 5.74) is -0.0816. The van der Waals surface area contributed by atoms with Crippen molar-refractivity contribution in [2.75, 3.05) is 13.7 Å². The van der Waals surface area contributed by atoms with E-state index in [0.29, 0.717) is 0 Å². The van der Waals surface area contributed by atoms with Crippen LogP contribution in [0.15, 0.2) is 21.5 Å². The number of ether oxygens (including phenoxy) is 2. The van der Waals surface area contributed by atoms with E-state index in [4.69, 9.17) is 26.2 Å². The van der Waals surface area contributed by atoms with Gasteiger partial charge in [-0.1, -0.05) is 11.6 Å². The minimum Gasteiger partial charge on any atom is -0.457 e. The highest BCUT2D eigenvalue weighted by Gasteiger charge is 2.21. The van der Waals surface area contributed by atoms with Gasteiger partial charge in [0.1, 0.15) is 6.10 Å². The smallest absolute Gasteiger partial charge is 0.340 e. The molecule has 0 saturated carbocycles. The summed E-state index contributed by atoms with van der Waals surface area (Å²) in [6, 6.07) is 2.35. The van der Waals surface area contributed by atoms with Gasteiger partial charge >= 0.3 is 5.97 Å². The summed E-state index contributed by atoms with van der Waals surface area (Å²) in [5.74, 6) is -0.753. The monoisotopic (exact) mass is 385 g/mol. The molecule has 2 N–H and O–H groups in total. The molecule has 6 nitrogen and oxygen atoms in total. The lowest BCUT2D eigenvalue weighted by molar-refractivity contribution is 0.0120. The number of hydrogen-bond acceptors (Lipinski definition) is 5. The van der Waals surface area contributed by atoms with Crippen molar-refractivity contribution in [1.82, 2.24) is 0 Å². The van der Waals surface area contributed by atoms with E-state index in [9.17, 15) is 13.2 Å². The molecular formula is C11H13BrClNO5S. The van der Waals surface area contributed by atoms with E-state index in [0.717, 1.165) is 6.07 Å². The molecule has 1 rings (SSSR count). The van der Waals surface area contributed by atoms with Gasteiger partial charge in [0.2, 0.25) is 10.0 Å². The number of hydrogen-bond donors (Lipinski definition) is 1. The van der Waals surface area contributed by atoms with Gasteiger partial charge in [0.15, 0.2) is 0 Å². The number of rotatable bonds is 5. The molecule has 0 spiro atoms. The Labute approximate surface area is 130 Å². The molecule has 0 aliphatic rings. The Morgan fingerprint density at radius 3 is 2.60 bits per heavy atom. The Balaban J connectivity index is 3.16. The number of primary sulfonamides is 1. The molecule has 0 aromatic heterocycles. The highest BCUT2D eigenvalue weighted by Crippen LogP contribution is 2.29. The number of benzene rings is 1. The minimum absolute atomic E-state index is 0.0545. The third-order valence-corrected chi connectivity index (χ3v) is 4.44. The van der Waals surface area contributed by atoms with E-state index < -0.39 is 22.1 Å². The molecule has 1 atom stereocenters. The maximum absolute atomic E-state index is 11.9. The largest absolute Gasteiger partial charge is 0.457 e. The maximum atomic E-state index is 11.9. The lowest BCUT2D eigenvalue weighted by Crippen LogP contribution is -2.20. The van der Waals surface area contributed by atoms with Gasteiger partial charge in [0.25, 0.3) is 0 Å². The summed E-state index contributed by atoms with van der Waals surface area (Å²) in [6.45, 7) is 1.84. The molecule has 0 aliphatic carbocycles. The maximum Gasteiger partial charge on any atom is 0.340 e. The van der Waals surface area contributed by atoms with Crippen LogP contribution in [0.1, 0.15) is 17.3 Å². The van der Waals surface area contributed by atoms with Crippen LogP contribution in [0.5, 0.6) is 0 Å². The van der Waals surface area contributed by atoms with Crippen LogP contribution in [0.3, 0.4) is 0 Å². The Morgan fingerprint density at radius 2 is 2.10 bits per heavy atom. The molecule has 1 unspecified atom stereocenters. The van der Waals surface area contributed by atoms with Gasteiger partial charge in [0, 0.05) is 11.6 Å². The van der Waals surface area contributed by atoms with Crippen molar-refractivity contribution < 1.29 is 22.7 Å². The van der Waals surface area contributed by atoms with E-state index in [1.807, 2.05) is 0 Å². The average molecular weight is 387 g/mol. The number of carbonyl (C=O) groups excluding carboxylic acids is 1. The second-order valence-electron chi connectivity index (χ2n) is 3.98. The zero-order valence-corrected chi connectivity index (χ0v) is 13.9. The molecule has 0 heterocycles. The molecule has 0 fully saturated rings. The first kappa shape index (κ1) is 17.4. The van der Waals surface area contributed by atoms with E-state index in [1.54, 1.807) is 6.92 Å². The molecular weight excluding hydrogens is 374 g/mol. The van der Waals surface area contributed by atoms with Crippen molar-refractivity contribution in [1.29, 1.82) is 0 Å². The standard InChI is InChI=1S/C11H13BrClNO5S/c1-6(5-18-2)19-11(15)7-3-10(20(14,16)17)8(12)4-9(7)13/h3-4,6H,5H2,1-2H3,(H2,14,16,17). The Morgan fingerprint density at radius 1 is 1.50 bits per heavy atom. The van der Waals surface area contributed by atoms with Crippen LogP contribution >= 0.6 is 27.5 Å². The van der Waals surface area contributed by atoms with Crippen molar-refractivity contribution in [2.24, 2.45) is 5.14 Å². The van der Waals surface area contributed by atoms with Crippen LogP contribution in [0.4, 0.5) is 0 Å². The molecule has 1 aromatic rings. The third kappa shape index (κ3) is 4.42. The lowest BCUT2D eigenvalue weighted by Gasteiger charge is -2.13. The van der Waals surface area contributed by atoms with E-state index in [2.05, 4.69) is 15.9 Å². The van der Waals surface area contributed by atoms with Gasteiger partial charge in [-0.2, -0.15) is 0 Å². The number of nitrogens with two attached hydrogens (primary N) is 1. The van der Waals surface area contributed by atoms with Gasteiger partial charge in [-0.05, 0) is 35.0 Å². The summed E-state index contributed by atoms with van der Waals surface area (Å²) in [6.07, 6.45) is -0.495. The molecule has 20 heavy (non-hydrogen) atoms. The van der Waals surface area contributed by atoms with Crippen molar-refractivity contribution in [3.8, 4) is 0 Å². The Bertz CT molecular complexity index is 619. The van der Waals surface area contributed by atoms with Crippen molar-refractivity contribution in [3.05, 3.63) is 27.2 Å². The first-order valence-corrected chi connectivity index (χ1v) is 8.10. The number of sulfonamides is 1. The van der Waals surface area contributed by atoms with Crippen LogP contribution < -0.4 is 5.14 Å². The van der Waals surface area contributed by atoms with Crippen molar-refractivity contribution in [3.63, 3.8) is 0 Å². The molecule has 0 amide bonds. The van der Waals surface area contributed by atoms with Crippen LogP contribution in [0.2, 0.25) is 5.02 Å². The molecule has 112 valence electrons. The number of halogens is 2. The van der Waals surface area contributed by atoms with E-state index in [1.165, 1.54) is 13.2 Å². The summed E-state index contributed by atoms with van der Waals surface area (Å²) in [4.78, 5) is 11.7. The fourth-order valence-corrected chi connectivity index (χ4v) is 3.42. The highest BCUT2D eigenvalue weighted by atomic mass is 79.9. The van der Waals surface area contributed by atoms with Gasteiger partial charge in [-0.3, -0.25) is 0 Å². The number of methoxy groups -OCH3 is 1. The molecule has 9 heteroatoms. The molecule has 0 radical (unpaired) electrons. The molecule has 0 bridgehead atoms. The lowest BCUT2D eigenvalue weighted by atomic mass is 10.2. The highest BCUT2D eigenvalue weighted by molar-refractivity contribution is 9.10. The zero-order valence-electron chi connectivity index (χ0n) is 10.7. The Kier molecular flexibility index (Phi) is 5.96. The summed E-state index contributed by atoms with van der Waals surface area (Å²) in [5, 5.41) is 5.11. The Hall–Kier alpha value is -0.670. The predicted octanol–water partition coefficient (Wildman–Crippen LogP) is 1.94. The van der Waals surface area contributed by atoms with E-state index >= 15 is 0 Å². The summed E-state index contributed by atoms with van der Waals surface area (Å²) >= 11 is 8.94. The molecule has 0 aliphatic heterocycles. The van der Waals surface area contributed by atoms with Crippen LogP contribution in [-0.2, 0) is 19.5 Å². The van der Waals surface area contributed by atoms with Crippen LogP contribution in [-0.4, -0.2) is 34.2 Å². The number of carbonyl (C=O) groups is 1. The quantitative estimate of drug-likeness (QED) is 0.780. The SMILES string of the molecule is COCC(C)OC(=O)c1cc(S(N)(=O)=O)c(Br)cc1Cl. The third-order valence-electron chi connectivity index (χ3n) is 2.26. The van der Waals surface area contributed by atoms with Crippen LogP contribution in [0, 0.1) is 0 Å². The van der Waals surface area contributed by atoms with Gasteiger partial charge in [-0.15, -0.1) is 0 Å². The van der Waals surface area contributed by atoms with Crippen molar-refractivity contribution in [2.45, 2.75) is 17.9 Å². The zero-order chi connectivity index (χ0) is 15.5. The van der Waals surface area contributed by atoms with Crippen molar-refractivity contribution >= 4 is 43.5 Å². The van der Waals surface area contributed by atoms with Gasteiger partial charge in [-0.25, -0.2) is 18.4 Å². The fourth-order valence-electron chi connectivity index (χ4n) is 1.42. The molecule has 1 aromatic carbocycles. The molecule has 0 saturated heterocycles. The summed E-state index contributed by atoms with van der Waals surface area (Å²) in [7, 11) is -2.51. The minimum atomic E-state index is -3.98. The van der Waals surface area contributed by atoms with Gasteiger partial charge in [0.05, 0.1) is 22.1 Å². The van der Waals surface area contributed by atoms with Gasteiger partial charge < -0.3 is 9.47 Å². The predicted molar refractivity (Wildman–Crippen MR) is 77.3 cm³/mol. The van der Waals surface area contributed by atoms with Crippen LogP contribution in [0.25, 0.3) is 0 Å². The first-order valence-electron chi connectivity index (χ1n) is 5.38. The second-order valence-corrected chi connectivity index (χ2v) is 6.77. The summed E-state index contributed by atoms with van der Waals surface area (Å²) < 4.78 is 32.9. The second kappa shape index (κ2) is 6.86. The first-order chi connectivity index (χ1) is 9.16. The average Bonchev–Trinajstić information content (AvgIpc) is 2.26. The topological polar surface area (TPSA) is 95.7 Å². The number of esters is 1. The fraction of sp³-hybridized carbons (Fsp3) is 0.364. The normalized spacial score (nSPS) is 13.1.